The maximum Gasteiger partial charge on any atom is 0.243 e. The second kappa shape index (κ2) is 5.17. The standard InChI is InChI=1S/C13H20N4/c1-10(2)6-4-8-14-13-15-12-11(3)7-5-9-17(12)16-13/h5,7,9-10H,4,6,8H2,1-3H3,(H,14,16). The molecule has 4 heteroatoms. The van der Waals surface area contributed by atoms with Crippen LogP contribution in [0.5, 0.6) is 0 Å². The molecule has 4 nitrogen and oxygen atoms in total. The molecule has 92 valence electrons. The molecule has 2 heterocycles. The van der Waals surface area contributed by atoms with Crippen LogP contribution in [0.1, 0.15) is 32.3 Å². The van der Waals surface area contributed by atoms with Gasteiger partial charge in [-0.3, -0.25) is 0 Å². The van der Waals surface area contributed by atoms with E-state index in [1.165, 1.54) is 6.42 Å². The predicted octanol–water partition coefficient (Wildman–Crippen LogP) is 2.89. The van der Waals surface area contributed by atoms with Crippen molar-refractivity contribution in [3.8, 4) is 0 Å². The van der Waals surface area contributed by atoms with Crippen molar-refractivity contribution in [3.63, 3.8) is 0 Å². The number of rotatable bonds is 5. The van der Waals surface area contributed by atoms with Crippen LogP contribution < -0.4 is 5.32 Å². The average molecular weight is 232 g/mol. The number of fused-ring (bicyclic) bond motifs is 1. The normalized spacial score (nSPS) is 11.3. The molecule has 0 amide bonds. The Labute approximate surface area is 102 Å². The highest BCUT2D eigenvalue weighted by Gasteiger charge is 2.04. The lowest BCUT2D eigenvalue weighted by Crippen LogP contribution is -2.04. The summed E-state index contributed by atoms with van der Waals surface area (Å²) in [7, 11) is 0. The van der Waals surface area contributed by atoms with Gasteiger partial charge in [0.25, 0.3) is 0 Å². The molecule has 0 unspecified atom stereocenters. The fourth-order valence-corrected chi connectivity index (χ4v) is 1.82. The van der Waals surface area contributed by atoms with E-state index in [4.69, 9.17) is 0 Å². The van der Waals surface area contributed by atoms with Crippen molar-refractivity contribution in [1.29, 1.82) is 0 Å². The van der Waals surface area contributed by atoms with Crippen molar-refractivity contribution in [2.75, 3.05) is 11.9 Å². The number of aryl methyl sites for hydroxylation is 1. The second-order valence-electron chi connectivity index (χ2n) is 4.86. The third kappa shape index (κ3) is 2.96. The first-order valence-electron chi connectivity index (χ1n) is 6.22. The van der Waals surface area contributed by atoms with E-state index in [-0.39, 0.29) is 0 Å². The summed E-state index contributed by atoms with van der Waals surface area (Å²) in [4.78, 5) is 4.47. The minimum atomic E-state index is 0.725. The molecule has 0 atom stereocenters. The molecular formula is C13H20N4. The number of nitrogens with zero attached hydrogens (tertiary/aromatic N) is 3. The molecule has 0 radical (unpaired) electrons. The number of aromatic nitrogens is 3. The third-order valence-electron chi connectivity index (χ3n) is 2.80. The van der Waals surface area contributed by atoms with Gasteiger partial charge in [-0.2, -0.15) is 4.98 Å². The molecule has 0 fully saturated rings. The maximum absolute atomic E-state index is 4.47. The van der Waals surface area contributed by atoms with Crippen LogP contribution in [0.25, 0.3) is 5.65 Å². The highest BCUT2D eigenvalue weighted by atomic mass is 15.3. The van der Waals surface area contributed by atoms with Crippen molar-refractivity contribution >= 4 is 11.6 Å². The topological polar surface area (TPSA) is 42.2 Å². The summed E-state index contributed by atoms with van der Waals surface area (Å²) in [5.41, 5.74) is 2.08. The fraction of sp³-hybridized carbons (Fsp3) is 0.538. The van der Waals surface area contributed by atoms with E-state index in [1.807, 2.05) is 29.8 Å². The van der Waals surface area contributed by atoms with Crippen LogP contribution in [0.4, 0.5) is 5.95 Å². The first-order valence-corrected chi connectivity index (χ1v) is 6.22. The SMILES string of the molecule is Cc1cccn2nc(NCCCC(C)C)nc12. The summed E-state index contributed by atoms with van der Waals surface area (Å²) in [6.45, 7) is 7.47. The van der Waals surface area contributed by atoms with Gasteiger partial charge in [0.15, 0.2) is 5.65 Å². The van der Waals surface area contributed by atoms with Crippen molar-refractivity contribution in [2.24, 2.45) is 5.92 Å². The molecule has 0 aliphatic heterocycles. The van der Waals surface area contributed by atoms with Crippen LogP contribution in [0.15, 0.2) is 18.3 Å². The molecule has 2 aromatic heterocycles. The van der Waals surface area contributed by atoms with E-state index in [1.54, 1.807) is 0 Å². The highest BCUT2D eigenvalue weighted by Crippen LogP contribution is 2.10. The van der Waals surface area contributed by atoms with E-state index in [2.05, 4.69) is 29.2 Å². The van der Waals surface area contributed by atoms with Crippen molar-refractivity contribution in [2.45, 2.75) is 33.6 Å². The van der Waals surface area contributed by atoms with Crippen LogP contribution in [-0.4, -0.2) is 21.1 Å². The van der Waals surface area contributed by atoms with Crippen molar-refractivity contribution in [3.05, 3.63) is 23.9 Å². The molecular weight excluding hydrogens is 212 g/mol. The third-order valence-corrected chi connectivity index (χ3v) is 2.80. The molecule has 2 aromatic rings. The van der Waals surface area contributed by atoms with Gasteiger partial charge in [0.2, 0.25) is 5.95 Å². The number of pyridine rings is 1. The molecule has 0 bridgehead atoms. The molecule has 0 aromatic carbocycles. The van der Waals surface area contributed by atoms with Gasteiger partial charge in [-0.15, -0.1) is 5.10 Å². The van der Waals surface area contributed by atoms with Gasteiger partial charge in [0, 0.05) is 12.7 Å². The Morgan fingerprint density at radius 3 is 2.94 bits per heavy atom. The highest BCUT2D eigenvalue weighted by molar-refractivity contribution is 5.49. The number of anilines is 1. The zero-order valence-electron chi connectivity index (χ0n) is 10.8. The smallest absolute Gasteiger partial charge is 0.243 e. The number of hydrogen-bond donors (Lipinski definition) is 1. The monoisotopic (exact) mass is 232 g/mol. The van der Waals surface area contributed by atoms with E-state index in [9.17, 15) is 0 Å². The van der Waals surface area contributed by atoms with Crippen LogP contribution in [0.2, 0.25) is 0 Å². The number of hydrogen-bond acceptors (Lipinski definition) is 3. The largest absolute Gasteiger partial charge is 0.353 e. The average Bonchev–Trinajstić information content (AvgIpc) is 2.69. The van der Waals surface area contributed by atoms with Crippen LogP contribution in [-0.2, 0) is 0 Å². The molecule has 0 spiro atoms. The minimum absolute atomic E-state index is 0.725. The van der Waals surface area contributed by atoms with Gasteiger partial charge in [-0.05, 0) is 37.3 Å². The summed E-state index contributed by atoms with van der Waals surface area (Å²) in [5, 5.41) is 7.66. The molecule has 1 N–H and O–H groups in total. The Morgan fingerprint density at radius 1 is 1.41 bits per heavy atom. The Hall–Kier alpha value is -1.58. The molecule has 17 heavy (non-hydrogen) atoms. The zero-order valence-corrected chi connectivity index (χ0v) is 10.8. The van der Waals surface area contributed by atoms with E-state index < -0.39 is 0 Å². The van der Waals surface area contributed by atoms with Crippen molar-refractivity contribution in [1.82, 2.24) is 14.6 Å². The summed E-state index contributed by atoms with van der Waals surface area (Å²) in [6.07, 6.45) is 4.32. The van der Waals surface area contributed by atoms with Gasteiger partial charge in [0.05, 0.1) is 0 Å². The minimum Gasteiger partial charge on any atom is -0.353 e. The van der Waals surface area contributed by atoms with E-state index >= 15 is 0 Å². The lowest BCUT2D eigenvalue weighted by Gasteiger charge is -2.03. The fourth-order valence-electron chi connectivity index (χ4n) is 1.82. The molecule has 0 aliphatic carbocycles. The van der Waals surface area contributed by atoms with Crippen LogP contribution >= 0.6 is 0 Å². The summed E-state index contributed by atoms with van der Waals surface area (Å²) in [6, 6.07) is 4.03. The second-order valence-corrected chi connectivity index (χ2v) is 4.86. The Morgan fingerprint density at radius 2 is 2.24 bits per heavy atom. The van der Waals surface area contributed by atoms with E-state index in [0.29, 0.717) is 0 Å². The Kier molecular flexibility index (Phi) is 3.61. The molecule has 2 rings (SSSR count). The first-order chi connectivity index (χ1) is 8.16. The molecule has 0 saturated carbocycles. The van der Waals surface area contributed by atoms with Crippen LogP contribution in [0.3, 0.4) is 0 Å². The molecule has 0 aliphatic rings. The summed E-state index contributed by atoms with van der Waals surface area (Å²) >= 11 is 0. The predicted molar refractivity (Wildman–Crippen MR) is 70.3 cm³/mol. The van der Waals surface area contributed by atoms with Crippen LogP contribution in [0, 0.1) is 12.8 Å². The lowest BCUT2D eigenvalue weighted by atomic mass is 10.1. The Balaban J connectivity index is 1.98. The summed E-state index contributed by atoms with van der Waals surface area (Å²) in [5.74, 6) is 1.48. The first kappa shape index (κ1) is 11.9. The van der Waals surface area contributed by atoms with Crippen molar-refractivity contribution < 1.29 is 0 Å². The van der Waals surface area contributed by atoms with Gasteiger partial charge in [-0.1, -0.05) is 19.9 Å². The van der Waals surface area contributed by atoms with Gasteiger partial charge in [0.1, 0.15) is 0 Å². The molecule has 0 saturated heterocycles. The van der Waals surface area contributed by atoms with Gasteiger partial charge in [-0.25, -0.2) is 4.52 Å². The van der Waals surface area contributed by atoms with Gasteiger partial charge >= 0.3 is 0 Å². The summed E-state index contributed by atoms with van der Waals surface area (Å²) < 4.78 is 1.82. The quantitative estimate of drug-likeness (QED) is 0.806. The Bertz CT molecular complexity index is 487. The lowest BCUT2D eigenvalue weighted by molar-refractivity contribution is 0.566. The van der Waals surface area contributed by atoms with Gasteiger partial charge < -0.3 is 5.32 Å². The number of nitrogens with one attached hydrogen (secondary N) is 1. The maximum atomic E-state index is 4.47. The zero-order chi connectivity index (χ0) is 12.3. The van der Waals surface area contributed by atoms with E-state index in [0.717, 1.165) is 36.0 Å².